The molecule has 0 bridgehead atoms. The lowest BCUT2D eigenvalue weighted by Crippen LogP contribution is -2.48. The lowest BCUT2D eigenvalue weighted by atomic mass is 10.2. The fourth-order valence-corrected chi connectivity index (χ4v) is 4.14. The molecule has 0 fully saturated rings. The normalized spacial score (nSPS) is 14.4. The first-order valence-electron chi connectivity index (χ1n) is 4.79. The molecule has 0 saturated heterocycles. The van der Waals surface area contributed by atoms with Crippen LogP contribution in [0.2, 0.25) is 5.54 Å². The minimum absolute atomic E-state index is 0.290. The molecule has 1 unspecified atom stereocenters. The molecule has 0 aromatic rings. The molecule has 0 aliphatic heterocycles. The van der Waals surface area contributed by atoms with Crippen molar-refractivity contribution < 1.29 is 13.3 Å². The molecule has 0 amide bonds. The third-order valence-corrected chi connectivity index (χ3v) is 5.89. The zero-order valence-electron chi connectivity index (χ0n) is 9.50. The van der Waals surface area contributed by atoms with Crippen molar-refractivity contribution in [3.63, 3.8) is 0 Å². The lowest BCUT2D eigenvalue weighted by molar-refractivity contribution is 0.109. The van der Waals surface area contributed by atoms with Crippen LogP contribution in [0.5, 0.6) is 0 Å². The summed E-state index contributed by atoms with van der Waals surface area (Å²) in [5.41, 5.74) is 2.92. The summed E-state index contributed by atoms with van der Waals surface area (Å²) in [7, 11) is 2.43. The average Bonchev–Trinajstić information content (AvgIpc) is 2.25. The summed E-state index contributed by atoms with van der Waals surface area (Å²) in [5.74, 6) is 5.24. The van der Waals surface area contributed by atoms with E-state index >= 15 is 0 Å². The van der Waals surface area contributed by atoms with Crippen molar-refractivity contribution in [2.24, 2.45) is 5.84 Å². The van der Waals surface area contributed by atoms with Crippen molar-refractivity contribution in [3.05, 3.63) is 0 Å². The van der Waals surface area contributed by atoms with Crippen molar-refractivity contribution in [2.45, 2.75) is 25.3 Å². The Morgan fingerprint density at radius 1 is 1.21 bits per heavy atom. The fraction of sp³-hybridized carbons (Fsp3) is 1.00. The molecule has 0 saturated carbocycles. The molecule has 0 aliphatic carbocycles. The van der Waals surface area contributed by atoms with Crippen LogP contribution in [0, 0.1) is 0 Å². The second-order valence-electron chi connectivity index (χ2n) is 3.06. The SMILES string of the molecule is CCC(CCNN)[Si](OC)(OC)OC. The first-order valence-corrected chi connectivity index (χ1v) is 6.59. The van der Waals surface area contributed by atoms with Crippen LogP contribution in [0.25, 0.3) is 0 Å². The maximum atomic E-state index is 5.41. The largest absolute Gasteiger partial charge is 0.503 e. The van der Waals surface area contributed by atoms with E-state index in [2.05, 4.69) is 12.3 Å². The van der Waals surface area contributed by atoms with Crippen molar-refractivity contribution in [1.82, 2.24) is 5.43 Å². The Labute approximate surface area is 87.2 Å². The van der Waals surface area contributed by atoms with E-state index in [1.807, 2.05) is 0 Å². The van der Waals surface area contributed by atoms with Crippen LogP contribution in [0.15, 0.2) is 0 Å². The van der Waals surface area contributed by atoms with Crippen LogP contribution in [0.3, 0.4) is 0 Å². The van der Waals surface area contributed by atoms with Gasteiger partial charge in [-0.3, -0.25) is 11.3 Å². The van der Waals surface area contributed by atoms with Gasteiger partial charge in [0.2, 0.25) is 0 Å². The zero-order valence-corrected chi connectivity index (χ0v) is 10.5. The van der Waals surface area contributed by atoms with Crippen molar-refractivity contribution in [2.75, 3.05) is 27.9 Å². The predicted molar refractivity (Wildman–Crippen MR) is 57.6 cm³/mol. The van der Waals surface area contributed by atoms with Gasteiger partial charge >= 0.3 is 8.80 Å². The Morgan fingerprint density at radius 3 is 2.00 bits per heavy atom. The molecule has 1 atom stereocenters. The maximum Gasteiger partial charge on any atom is 0.503 e. The van der Waals surface area contributed by atoms with Gasteiger partial charge in [-0.1, -0.05) is 6.92 Å². The topological polar surface area (TPSA) is 65.7 Å². The molecule has 0 heterocycles. The molecule has 14 heavy (non-hydrogen) atoms. The fourth-order valence-electron chi connectivity index (χ4n) is 1.64. The highest BCUT2D eigenvalue weighted by Crippen LogP contribution is 2.30. The number of hydrazine groups is 1. The van der Waals surface area contributed by atoms with Crippen LogP contribution in [-0.2, 0) is 13.3 Å². The van der Waals surface area contributed by atoms with Gasteiger partial charge in [0.15, 0.2) is 0 Å². The van der Waals surface area contributed by atoms with E-state index in [9.17, 15) is 0 Å². The summed E-state index contributed by atoms with van der Waals surface area (Å²) in [6.07, 6.45) is 1.86. The average molecular weight is 222 g/mol. The predicted octanol–water partition coefficient (Wildman–Crippen LogP) is 0.498. The van der Waals surface area contributed by atoms with Crippen LogP contribution >= 0.6 is 0 Å². The van der Waals surface area contributed by atoms with E-state index in [0.717, 1.165) is 19.4 Å². The number of nitrogens with two attached hydrogens (primary N) is 1. The molecule has 0 aliphatic rings. The Hall–Kier alpha value is 0.0169. The standard InChI is InChI=1S/C8H22N2O3Si/c1-5-8(6-7-10-9)14(11-2,12-3)13-4/h8,10H,5-7,9H2,1-4H3. The summed E-state index contributed by atoms with van der Waals surface area (Å²) in [6.45, 7) is 2.84. The van der Waals surface area contributed by atoms with Crippen LogP contribution in [0.1, 0.15) is 19.8 Å². The van der Waals surface area contributed by atoms with E-state index in [0.29, 0.717) is 5.54 Å². The molecule has 86 valence electrons. The van der Waals surface area contributed by atoms with Crippen LogP contribution < -0.4 is 11.3 Å². The maximum absolute atomic E-state index is 5.41. The first kappa shape index (κ1) is 14.0. The third-order valence-electron chi connectivity index (χ3n) is 2.48. The van der Waals surface area contributed by atoms with Crippen LogP contribution in [-0.4, -0.2) is 36.7 Å². The number of rotatable bonds is 8. The Kier molecular flexibility index (Phi) is 7.34. The lowest BCUT2D eigenvalue weighted by Gasteiger charge is -2.31. The third kappa shape index (κ3) is 3.30. The molecule has 0 aromatic heterocycles. The second kappa shape index (κ2) is 7.33. The molecule has 0 radical (unpaired) electrons. The summed E-state index contributed by atoms with van der Waals surface area (Å²) < 4.78 is 16.2. The second-order valence-corrected chi connectivity index (χ2v) is 6.31. The van der Waals surface area contributed by atoms with E-state index in [4.69, 9.17) is 19.1 Å². The van der Waals surface area contributed by atoms with E-state index in [1.54, 1.807) is 21.3 Å². The number of hydrogen-bond donors (Lipinski definition) is 2. The molecule has 5 nitrogen and oxygen atoms in total. The van der Waals surface area contributed by atoms with Gasteiger partial charge in [-0.25, -0.2) is 0 Å². The minimum atomic E-state index is -2.48. The quantitative estimate of drug-likeness (QED) is 0.356. The van der Waals surface area contributed by atoms with E-state index in [1.165, 1.54) is 0 Å². The summed E-state index contributed by atoms with van der Waals surface area (Å²) in [6, 6.07) is 0. The molecule has 3 N–H and O–H groups in total. The minimum Gasteiger partial charge on any atom is -0.377 e. The number of hydrogen-bond acceptors (Lipinski definition) is 5. The molecule has 0 spiro atoms. The van der Waals surface area contributed by atoms with Crippen molar-refractivity contribution in [1.29, 1.82) is 0 Å². The highest BCUT2D eigenvalue weighted by atomic mass is 28.4. The van der Waals surface area contributed by atoms with Gasteiger partial charge in [0.1, 0.15) is 0 Å². The van der Waals surface area contributed by atoms with Gasteiger partial charge in [-0.15, -0.1) is 0 Å². The van der Waals surface area contributed by atoms with Gasteiger partial charge < -0.3 is 13.3 Å². The van der Waals surface area contributed by atoms with Gasteiger partial charge in [0, 0.05) is 33.4 Å². The van der Waals surface area contributed by atoms with Crippen molar-refractivity contribution in [3.8, 4) is 0 Å². The van der Waals surface area contributed by atoms with Gasteiger partial charge in [0.05, 0.1) is 0 Å². The highest BCUT2D eigenvalue weighted by Gasteiger charge is 2.45. The summed E-state index contributed by atoms with van der Waals surface area (Å²) in [4.78, 5) is 0. The highest BCUT2D eigenvalue weighted by molar-refractivity contribution is 6.62. The monoisotopic (exact) mass is 222 g/mol. The van der Waals surface area contributed by atoms with Gasteiger partial charge in [-0.2, -0.15) is 0 Å². The number of nitrogens with one attached hydrogen (secondary N) is 1. The summed E-state index contributed by atoms with van der Waals surface area (Å²) >= 11 is 0. The molecular formula is C8H22N2O3Si. The summed E-state index contributed by atoms with van der Waals surface area (Å²) in [5, 5.41) is 0. The Bertz CT molecular complexity index is 136. The van der Waals surface area contributed by atoms with E-state index < -0.39 is 8.80 Å². The first-order chi connectivity index (χ1) is 6.70. The molecular weight excluding hydrogens is 200 g/mol. The van der Waals surface area contributed by atoms with E-state index in [-0.39, 0.29) is 0 Å². The Balaban J connectivity index is 4.40. The smallest absolute Gasteiger partial charge is 0.377 e. The van der Waals surface area contributed by atoms with Gasteiger partial charge in [0.25, 0.3) is 0 Å². The Morgan fingerprint density at radius 2 is 1.71 bits per heavy atom. The zero-order chi connectivity index (χ0) is 11.0. The molecule has 6 heteroatoms. The molecule has 0 rings (SSSR count). The molecule has 0 aromatic carbocycles. The van der Waals surface area contributed by atoms with Crippen molar-refractivity contribution >= 4 is 8.80 Å². The van der Waals surface area contributed by atoms with Gasteiger partial charge in [-0.05, 0) is 12.8 Å². The van der Waals surface area contributed by atoms with Crippen LogP contribution in [0.4, 0.5) is 0 Å².